The van der Waals surface area contributed by atoms with E-state index in [1.54, 1.807) is 0 Å². The van der Waals surface area contributed by atoms with Crippen molar-refractivity contribution in [3.05, 3.63) is 33.8 Å². The molecule has 3 N–H and O–H groups in total. The summed E-state index contributed by atoms with van der Waals surface area (Å²) in [4.78, 5) is 12.1. The van der Waals surface area contributed by atoms with Gasteiger partial charge in [0.05, 0.1) is 0 Å². The molecule has 1 unspecified atom stereocenters. The van der Waals surface area contributed by atoms with Crippen LogP contribution in [0.5, 0.6) is 0 Å². The topological polar surface area (TPSA) is 55.1 Å². The van der Waals surface area contributed by atoms with Crippen molar-refractivity contribution in [3.8, 4) is 0 Å². The Morgan fingerprint density at radius 1 is 1.29 bits per heavy atom. The summed E-state index contributed by atoms with van der Waals surface area (Å²) in [5.74, 6) is -2.20. The van der Waals surface area contributed by atoms with Gasteiger partial charge in [-0.1, -0.05) is 35.2 Å². The number of nitrogens with two attached hydrogens (primary N) is 1. The summed E-state index contributed by atoms with van der Waals surface area (Å²) in [6, 6.07) is 1.92. The minimum absolute atomic E-state index is 0.236. The highest BCUT2D eigenvalue weighted by atomic mass is 79.9. The zero-order chi connectivity index (χ0) is 15.4. The van der Waals surface area contributed by atoms with Crippen LogP contribution >= 0.6 is 15.9 Å². The fourth-order valence-electron chi connectivity index (χ4n) is 2.91. The van der Waals surface area contributed by atoms with Gasteiger partial charge in [-0.05, 0) is 30.9 Å². The Labute approximate surface area is 131 Å². The van der Waals surface area contributed by atoms with Crippen LogP contribution < -0.4 is 11.1 Å². The summed E-state index contributed by atoms with van der Waals surface area (Å²) in [6.07, 6.45) is 5.40. The van der Waals surface area contributed by atoms with E-state index in [-0.39, 0.29) is 23.0 Å². The number of nitrogens with one attached hydrogen (secondary N) is 1. The first-order valence-electron chi connectivity index (χ1n) is 7.18. The van der Waals surface area contributed by atoms with Crippen LogP contribution in [-0.2, 0) is 0 Å². The van der Waals surface area contributed by atoms with Crippen molar-refractivity contribution in [2.24, 2.45) is 11.7 Å². The van der Waals surface area contributed by atoms with Crippen LogP contribution in [0.2, 0.25) is 0 Å². The van der Waals surface area contributed by atoms with Gasteiger partial charge in [-0.25, -0.2) is 8.78 Å². The predicted octanol–water partition coefficient (Wildman–Crippen LogP) is 3.36. The maximum absolute atomic E-state index is 13.8. The molecule has 0 aromatic heterocycles. The zero-order valence-corrected chi connectivity index (χ0v) is 13.3. The lowest BCUT2D eigenvalue weighted by molar-refractivity contribution is 0.0907. The van der Waals surface area contributed by atoms with Gasteiger partial charge in [0.2, 0.25) is 0 Å². The van der Waals surface area contributed by atoms with Gasteiger partial charge < -0.3 is 11.1 Å². The van der Waals surface area contributed by atoms with Gasteiger partial charge in [0.25, 0.3) is 5.91 Å². The van der Waals surface area contributed by atoms with Gasteiger partial charge in [0.15, 0.2) is 0 Å². The summed E-state index contributed by atoms with van der Waals surface area (Å²) >= 11 is 2.99. The molecule has 0 aliphatic heterocycles. The molecule has 0 spiro atoms. The molecule has 1 aromatic carbocycles. The van der Waals surface area contributed by atoms with Crippen molar-refractivity contribution >= 4 is 21.8 Å². The quantitative estimate of drug-likeness (QED) is 0.864. The molecular formula is C15H19BrF2N2O. The van der Waals surface area contributed by atoms with E-state index >= 15 is 0 Å². The number of carbonyl (C=O) groups is 1. The van der Waals surface area contributed by atoms with Gasteiger partial charge in [-0.15, -0.1) is 0 Å². The molecule has 1 aliphatic carbocycles. The van der Waals surface area contributed by atoms with E-state index in [0.717, 1.165) is 37.8 Å². The summed E-state index contributed by atoms with van der Waals surface area (Å²) in [5.41, 5.74) is 5.17. The molecular weight excluding hydrogens is 342 g/mol. The Morgan fingerprint density at radius 3 is 2.38 bits per heavy atom. The van der Waals surface area contributed by atoms with Crippen molar-refractivity contribution in [2.45, 2.75) is 38.1 Å². The van der Waals surface area contributed by atoms with Crippen molar-refractivity contribution < 1.29 is 13.6 Å². The number of benzene rings is 1. The molecule has 0 bridgehead atoms. The second-order valence-corrected chi connectivity index (χ2v) is 6.37. The second-order valence-electron chi connectivity index (χ2n) is 5.46. The smallest absolute Gasteiger partial charge is 0.257 e. The fraction of sp³-hybridized carbons (Fsp3) is 0.533. The van der Waals surface area contributed by atoms with Crippen LogP contribution in [0.3, 0.4) is 0 Å². The minimum atomic E-state index is -0.876. The monoisotopic (exact) mass is 360 g/mol. The average molecular weight is 361 g/mol. The van der Waals surface area contributed by atoms with Gasteiger partial charge in [-0.2, -0.15) is 0 Å². The number of halogens is 3. The van der Waals surface area contributed by atoms with Crippen molar-refractivity contribution in [2.75, 3.05) is 6.54 Å². The van der Waals surface area contributed by atoms with Crippen LogP contribution in [0.1, 0.15) is 42.5 Å². The number of rotatable bonds is 4. The normalized spacial score (nSPS) is 17.5. The minimum Gasteiger partial charge on any atom is -0.348 e. The molecule has 1 aliphatic rings. The van der Waals surface area contributed by atoms with E-state index in [9.17, 15) is 13.6 Å². The molecule has 0 saturated heterocycles. The highest BCUT2D eigenvalue weighted by Crippen LogP contribution is 2.27. The van der Waals surface area contributed by atoms with E-state index in [0.29, 0.717) is 0 Å². The average Bonchev–Trinajstić information content (AvgIpc) is 2.44. The molecule has 1 fully saturated rings. The van der Waals surface area contributed by atoms with Gasteiger partial charge in [0, 0.05) is 17.1 Å². The lowest BCUT2D eigenvalue weighted by atomic mass is 9.84. The van der Waals surface area contributed by atoms with Crippen LogP contribution in [-0.4, -0.2) is 18.5 Å². The van der Waals surface area contributed by atoms with E-state index in [2.05, 4.69) is 21.2 Å². The van der Waals surface area contributed by atoms with Crippen molar-refractivity contribution in [1.29, 1.82) is 0 Å². The van der Waals surface area contributed by atoms with Crippen LogP contribution in [0.25, 0.3) is 0 Å². The number of carbonyl (C=O) groups excluding carboxylic acids is 1. The van der Waals surface area contributed by atoms with E-state index < -0.39 is 23.1 Å². The first kappa shape index (κ1) is 16.4. The lowest BCUT2D eigenvalue weighted by Crippen LogP contribution is -2.46. The van der Waals surface area contributed by atoms with Crippen LogP contribution in [0.15, 0.2) is 16.6 Å². The first-order chi connectivity index (χ1) is 10.0. The highest BCUT2D eigenvalue weighted by Gasteiger charge is 2.26. The number of amides is 1. The number of hydrogen-bond donors (Lipinski definition) is 2. The largest absolute Gasteiger partial charge is 0.348 e. The molecule has 0 heterocycles. The van der Waals surface area contributed by atoms with E-state index in [1.165, 1.54) is 6.42 Å². The molecule has 2 rings (SSSR count). The maximum Gasteiger partial charge on any atom is 0.257 e. The fourth-order valence-corrected chi connectivity index (χ4v) is 3.31. The van der Waals surface area contributed by atoms with Crippen molar-refractivity contribution in [1.82, 2.24) is 5.32 Å². The summed E-state index contributed by atoms with van der Waals surface area (Å²) in [5, 5.41) is 2.69. The molecule has 1 amide bonds. The van der Waals surface area contributed by atoms with Gasteiger partial charge in [-0.3, -0.25) is 4.79 Å². The molecule has 0 radical (unpaired) electrons. The third kappa shape index (κ3) is 4.01. The Hall–Kier alpha value is -1.01. The summed E-state index contributed by atoms with van der Waals surface area (Å²) in [6.45, 7) is 0.274. The highest BCUT2D eigenvalue weighted by molar-refractivity contribution is 9.10. The molecule has 1 saturated carbocycles. The third-order valence-electron chi connectivity index (χ3n) is 4.02. The van der Waals surface area contributed by atoms with E-state index in [1.807, 2.05) is 0 Å². The predicted molar refractivity (Wildman–Crippen MR) is 80.9 cm³/mol. The second kappa shape index (κ2) is 7.31. The van der Waals surface area contributed by atoms with E-state index in [4.69, 9.17) is 5.73 Å². The van der Waals surface area contributed by atoms with Gasteiger partial charge >= 0.3 is 0 Å². The van der Waals surface area contributed by atoms with Gasteiger partial charge in [0.1, 0.15) is 17.2 Å². The molecule has 3 nitrogen and oxygen atoms in total. The number of hydrogen-bond acceptors (Lipinski definition) is 2. The van der Waals surface area contributed by atoms with Crippen LogP contribution in [0, 0.1) is 17.6 Å². The maximum atomic E-state index is 13.8. The summed E-state index contributed by atoms with van der Waals surface area (Å²) in [7, 11) is 0. The Balaban J connectivity index is 2.12. The molecule has 116 valence electrons. The van der Waals surface area contributed by atoms with Crippen LogP contribution in [0.4, 0.5) is 8.78 Å². The SMILES string of the molecule is NCC(NC(=O)c1c(F)cc(Br)cc1F)C1CCCCC1. The Morgan fingerprint density at radius 2 is 1.86 bits per heavy atom. The molecule has 6 heteroatoms. The van der Waals surface area contributed by atoms with Crippen molar-refractivity contribution in [3.63, 3.8) is 0 Å². The zero-order valence-electron chi connectivity index (χ0n) is 11.7. The lowest BCUT2D eigenvalue weighted by Gasteiger charge is -2.30. The summed E-state index contributed by atoms with van der Waals surface area (Å²) < 4.78 is 27.9. The molecule has 21 heavy (non-hydrogen) atoms. The third-order valence-corrected chi connectivity index (χ3v) is 4.48. The standard InChI is InChI=1S/C15H19BrF2N2O/c16-10-6-11(17)14(12(18)7-10)15(21)20-13(8-19)9-4-2-1-3-5-9/h6-7,9,13H,1-5,8,19H2,(H,20,21). The first-order valence-corrected chi connectivity index (χ1v) is 7.97. The molecule has 1 atom stereocenters. The molecule has 1 aromatic rings. The Kier molecular flexibility index (Phi) is 5.70. The Bertz CT molecular complexity index is 495.